The number of carbonyl (C=O) groups excluding carboxylic acids is 1. The van der Waals surface area contributed by atoms with E-state index in [4.69, 9.17) is 12.2 Å². The third kappa shape index (κ3) is 5.71. The maximum absolute atomic E-state index is 13.0. The zero-order chi connectivity index (χ0) is 29.3. The van der Waals surface area contributed by atoms with Gasteiger partial charge in [0.2, 0.25) is 5.91 Å². The molecular weight excluding hydrogens is 534 g/mol. The van der Waals surface area contributed by atoms with Crippen molar-refractivity contribution in [2.24, 2.45) is 0 Å². The summed E-state index contributed by atoms with van der Waals surface area (Å²) in [6.45, 7) is 8.42. The Kier molecular flexibility index (Phi) is 7.90. The van der Waals surface area contributed by atoms with Gasteiger partial charge >= 0.3 is 5.97 Å². The van der Waals surface area contributed by atoms with Crippen LogP contribution in [0.1, 0.15) is 62.6 Å². The predicted octanol–water partition coefficient (Wildman–Crippen LogP) is 5.81. The second-order valence-corrected chi connectivity index (χ2v) is 10.8. The molecule has 5 rings (SSSR count). The normalized spacial score (nSPS) is 16.5. The number of carboxylic acid groups (broad SMARTS) is 1. The standard InChI is InChI=1S/C32H33N5O3S/c1-19-8-7-9-24(16-19)34-28(38)13-15-36-30(29(35-32(36)41)26-10-5-6-14-33-26)25-17-21(3)37(22(25)4)27-18-23(31(39)40)12-11-20(27)2/h5-12,14,16-18,29-30H,13,15H2,1-4H3,(H,34,38)(H,35,41)(H,39,40)/t29-,30-/m1/s1. The molecule has 1 aliphatic heterocycles. The minimum absolute atomic E-state index is 0.0926. The maximum atomic E-state index is 13.0. The Balaban J connectivity index is 1.51. The zero-order valence-corrected chi connectivity index (χ0v) is 24.3. The van der Waals surface area contributed by atoms with Gasteiger partial charge < -0.3 is 25.2 Å². The van der Waals surface area contributed by atoms with Crippen molar-refractivity contribution in [3.63, 3.8) is 0 Å². The molecular formula is C32H33N5O3S. The number of nitrogens with zero attached hydrogens (tertiary/aromatic N) is 3. The lowest BCUT2D eigenvalue weighted by Gasteiger charge is -2.28. The largest absolute Gasteiger partial charge is 0.478 e. The number of carboxylic acids is 1. The van der Waals surface area contributed by atoms with Crippen LogP contribution in [0.5, 0.6) is 0 Å². The first-order chi connectivity index (χ1) is 19.6. The second kappa shape index (κ2) is 11.5. The molecule has 0 radical (unpaired) electrons. The summed E-state index contributed by atoms with van der Waals surface area (Å²) in [5.74, 6) is -1.06. The molecule has 0 aliphatic carbocycles. The molecule has 9 heteroatoms. The van der Waals surface area contributed by atoms with Crippen LogP contribution < -0.4 is 10.6 Å². The number of benzene rings is 2. The SMILES string of the molecule is Cc1cccc(NC(=O)CCN2C(=S)N[C@H](c3ccccn3)[C@H]2c2cc(C)n(-c3cc(C(=O)O)ccc3C)c2C)c1. The molecule has 1 fully saturated rings. The monoisotopic (exact) mass is 567 g/mol. The second-order valence-electron chi connectivity index (χ2n) is 10.5. The van der Waals surface area contributed by atoms with Gasteiger partial charge in [-0.2, -0.15) is 0 Å². The number of hydrogen-bond donors (Lipinski definition) is 3. The average Bonchev–Trinajstić information content (AvgIpc) is 3.42. The van der Waals surface area contributed by atoms with Crippen LogP contribution in [0, 0.1) is 27.7 Å². The first-order valence-electron chi connectivity index (χ1n) is 13.5. The third-order valence-electron chi connectivity index (χ3n) is 7.57. The van der Waals surface area contributed by atoms with Gasteiger partial charge in [-0.05, 0) is 99.1 Å². The fraction of sp³-hybridized carbons (Fsp3) is 0.250. The number of thiocarbonyl (C=S) groups is 1. The van der Waals surface area contributed by atoms with Crippen LogP contribution >= 0.6 is 12.2 Å². The number of aromatic carboxylic acids is 1. The highest BCUT2D eigenvalue weighted by molar-refractivity contribution is 7.80. The third-order valence-corrected chi connectivity index (χ3v) is 7.92. The highest BCUT2D eigenvalue weighted by Gasteiger charge is 2.41. The smallest absolute Gasteiger partial charge is 0.335 e. The molecule has 1 saturated heterocycles. The zero-order valence-electron chi connectivity index (χ0n) is 23.5. The van der Waals surface area contributed by atoms with Gasteiger partial charge in [-0.3, -0.25) is 9.78 Å². The van der Waals surface area contributed by atoms with Crippen LogP contribution in [-0.4, -0.2) is 43.1 Å². The molecule has 3 N–H and O–H groups in total. The number of aryl methyl sites for hydroxylation is 3. The van der Waals surface area contributed by atoms with Crippen LogP contribution in [-0.2, 0) is 4.79 Å². The number of carbonyl (C=O) groups is 2. The van der Waals surface area contributed by atoms with Crippen LogP contribution in [0.15, 0.2) is 72.9 Å². The van der Waals surface area contributed by atoms with Crippen molar-refractivity contribution in [3.05, 3.63) is 112 Å². The number of pyridine rings is 1. The van der Waals surface area contributed by atoms with E-state index < -0.39 is 5.97 Å². The van der Waals surface area contributed by atoms with E-state index in [1.807, 2.05) is 76.2 Å². The molecule has 0 unspecified atom stereocenters. The van der Waals surface area contributed by atoms with E-state index >= 15 is 0 Å². The van der Waals surface area contributed by atoms with E-state index in [1.165, 1.54) is 0 Å². The van der Waals surface area contributed by atoms with E-state index in [0.717, 1.165) is 45.1 Å². The van der Waals surface area contributed by atoms with Crippen LogP contribution in [0.25, 0.3) is 5.69 Å². The Hall–Kier alpha value is -4.50. The lowest BCUT2D eigenvalue weighted by Crippen LogP contribution is -2.32. The van der Waals surface area contributed by atoms with Crippen molar-refractivity contribution in [1.82, 2.24) is 19.8 Å². The lowest BCUT2D eigenvalue weighted by atomic mass is 9.96. The first-order valence-corrected chi connectivity index (χ1v) is 13.9. The summed E-state index contributed by atoms with van der Waals surface area (Å²) in [6.07, 6.45) is 2.01. The molecule has 3 heterocycles. The highest BCUT2D eigenvalue weighted by Crippen LogP contribution is 2.41. The molecule has 0 bridgehead atoms. The molecule has 2 aromatic heterocycles. The lowest BCUT2D eigenvalue weighted by molar-refractivity contribution is -0.116. The van der Waals surface area contributed by atoms with E-state index in [-0.39, 0.29) is 30.0 Å². The Morgan fingerprint density at radius 3 is 2.54 bits per heavy atom. The van der Waals surface area contributed by atoms with Crippen molar-refractivity contribution in [2.75, 3.05) is 11.9 Å². The molecule has 0 saturated carbocycles. The summed E-state index contributed by atoms with van der Waals surface area (Å²) in [6, 6.07) is 20.4. The van der Waals surface area contributed by atoms with Gasteiger partial charge in [0.15, 0.2) is 5.11 Å². The molecule has 1 aliphatic rings. The average molecular weight is 568 g/mol. The quantitative estimate of drug-likeness (QED) is 0.231. The van der Waals surface area contributed by atoms with Gasteiger partial charge in [0.05, 0.1) is 23.3 Å². The molecule has 8 nitrogen and oxygen atoms in total. The van der Waals surface area contributed by atoms with Gasteiger partial charge in [0.1, 0.15) is 0 Å². The van der Waals surface area contributed by atoms with Gasteiger partial charge in [-0.25, -0.2) is 4.79 Å². The summed E-state index contributed by atoms with van der Waals surface area (Å²) in [5, 5.41) is 16.6. The minimum Gasteiger partial charge on any atom is -0.478 e. The van der Waals surface area contributed by atoms with Crippen molar-refractivity contribution >= 4 is 34.9 Å². The maximum Gasteiger partial charge on any atom is 0.335 e. The number of rotatable bonds is 8. The topological polar surface area (TPSA) is 99.5 Å². The van der Waals surface area contributed by atoms with Crippen LogP contribution in [0.3, 0.4) is 0 Å². The Labute approximate surface area is 245 Å². The summed E-state index contributed by atoms with van der Waals surface area (Å²) in [5.41, 5.74) is 7.68. The van der Waals surface area contributed by atoms with E-state index in [1.54, 1.807) is 18.3 Å². The van der Waals surface area contributed by atoms with Crippen molar-refractivity contribution in [2.45, 2.75) is 46.2 Å². The predicted molar refractivity (Wildman–Crippen MR) is 164 cm³/mol. The molecule has 4 aromatic rings. The van der Waals surface area contributed by atoms with E-state index in [0.29, 0.717) is 11.7 Å². The van der Waals surface area contributed by atoms with Gasteiger partial charge in [0.25, 0.3) is 0 Å². The molecule has 210 valence electrons. The number of aromatic nitrogens is 2. The fourth-order valence-corrected chi connectivity index (χ4v) is 5.93. The first kappa shape index (κ1) is 28.0. The number of anilines is 1. The fourth-order valence-electron chi connectivity index (χ4n) is 5.59. The van der Waals surface area contributed by atoms with Crippen molar-refractivity contribution in [3.8, 4) is 5.69 Å². The highest BCUT2D eigenvalue weighted by atomic mass is 32.1. The Morgan fingerprint density at radius 2 is 1.83 bits per heavy atom. The van der Waals surface area contributed by atoms with Crippen molar-refractivity contribution < 1.29 is 14.7 Å². The molecule has 2 aromatic carbocycles. The summed E-state index contributed by atoms with van der Waals surface area (Å²) < 4.78 is 2.09. The van der Waals surface area contributed by atoms with Crippen molar-refractivity contribution in [1.29, 1.82) is 0 Å². The number of amides is 1. The van der Waals surface area contributed by atoms with Gasteiger partial charge in [-0.1, -0.05) is 24.3 Å². The Morgan fingerprint density at radius 1 is 1.02 bits per heavy atom. The van der Waals surface area contributed by atoms with Crippen LogP contribution in [0.2, 0.25) is 0 Å². The minimum atomic E-state index is -0.968. The summed E-state index contributed by atoms with van der Waals surface area (Å²) >= 11 is 5.82. The number of nitrogens with one attached hydrogen (secondary N) is 2. The summed E-state index contributed by atoms with van der Waals surface area (Å²) in [7, 11) is 0. The van der Waals surface area contributed by atoms with E-state index in [2.05, 4.69) is 31.2 Å². The molecule has 41 heavy (non-hydrogen) atoms. The molecule has 2 atom stereocenters. The molecule has 1 amide bonds. The van der Waals surface area contributed by atoms with E-state index in [9.17, 15) is 14.7 Å². The number of hydrogen-bond acceptors (Lipinski definition) is 4. The Bertz CT molecular complexity index is 1630. The van der Waals surface area contributed by atoms with Gasteiger partial charge in [0, 0.05) is 41.9 Å². The van der Waals surface area contributed by atoms with Gasteiger partial charge in [-0.15, -0.1) is 0 Å². The molecule has 0 spiro atoms. The van der Waals surface area contributed by atoms with Crippen LogP contribution in [0.4, 0.5) is 5.69 Å². The summed E-state index contributed by atoms with van der Waals surface area (Å²) in [4.78, 5) is 31.4.